The lowest BCUT2D eigenvalue weighted by Gasteiger charge is -2.34. The Hall–Kier alpha value is -2.99. The smallest absolute Gasteiger partial charge is 0.255 e. The minimum absolute atomic E-state index is 0.0981. The van der Waals surface area contributed by atoms with Crippen molar-refractivity contribution in [2.75, 3.05) is 0 Å². The zero-order valence-electron chi connectivity index (χ0n) is 20.1. The summed E-state index contributed by atoms with van der Waals surface area (Å²) >= 11 is 0. The number of carbonyl (C=O) groups is 3. The lowest BCUT2D eigenvalue weighted by atomic mass is 9.80. The molecule has 6 heteroatoms. The van der Waals surface area contributed by atoms with E-state index in [-0.39, 0.29) is 24.1 Å². The zero-order chi connectivity index (χ0) is 23.9. The van der Waals surface area contributed by atoms with Crippen LogP contribution in [0.1, 0.15) is 71.1 Å². The van der Waals surface area contributed by atoms with Crippen LogP contribution in [0.25, 0.3) is 0 Å². The third-order valence-corrected chi connectivity index (χ3v) is 8.50. The number of nitrogens with one attached hydrogen (secondary N) is 2. The summed E-state index contributed by atoms with van der Waals surface area (Å²) in [5.74, 6) is -0.115. The van der Waals surface area contributed by atoms with Crippen LogP contribution >= 0.6 is 0 Å². The molecule has 2 fully saturated rings. The molecule has 2 aromatic rings. The van der Waals surface area contributed by atoms with Crippen LogP contribution in [0.15, 0.2) is 42.5 Å². The van der Waals surface area contributed by atoms with Crippen LogP contribution in [-0.2, 0) is 35.4 Å². The number of fused-ring (bicyclic) bond motifs is 2. The Balaban J connectivity index is 1.13. The Bertz CT molecular complexity index is 1150. The number of piperidine rings is 1. The van der Waals surface area contributed by atoms with Gasteiger partial charge in [-0.2, -0.15) is 0 Å². The van der Waals surface area contributed by atoms with Crippen LogP contribution in [0.4, 0.5) is 0 Å². The number of hydrogen-bond acceptors (Lipinski definition) is 4. The fourth-order valence-corrected chi connectivity index (χ4v) is 6.71. The van der Waals surface area contributed by atoms with E-state index in [1.807, 2.05) is 6.07 Å². The Kier molecular flexibility index (Phi) is 5.93. The fraction of sp³-hybridized carbons (Fsp3) is 0.483. The van der Waals surface area contributed by atoms with Crippen molar-refractivity contribution in [2.24, 2.45) is 5.92 Å². The van der Waals surface area contributed by atoms with E-state index in [0.717, 1.165) is 24.8 Å². The Morgan fingerprint density at radius 3 is 2.46 bits per heavy atom. The molecule has 1 saturated heterocycles. The predicted molar refractivity (Wildman–Crippen MR) is 133 cm³/mol. The van der Waals surface area contributed by atoms with Crippen molar-refractivity contribution in [3.8, 4) is 0 Å². The molecule has 2 aromatic carbocycles. The van der Waals surface area contributed by atoms with Gasteiger partial charge in [0.1, 0.15) is 6.04 Å². The highest BCUT2D eigenvalue weighted by molar-refractivity contribution is 6.05. The summed E-state index contributed by atoms with van der Waals surface area (Å²) in [7, 11) is 0. The molecule has 1 unspecified atom stereocenters. The molecule has 0 aromatic heterocycles. The van der Waals surface area contributed by atoms with Crippen molar-refractivity contribution < 1.29 is 14.4 Å². The van der Waals surface area contributed by atoms with E-state index in [1.165, 1.54) is 42.4 Å². The SMILES string of the molecule is O=C1CCC(N2Cc3cc(C[C@H]4CCCC[C@@H]4NC4Cc5ccccc5C4)ccc3C2=O)C(=O)N1. The van der Waals surface area contributed by atoms with Gasteiger partial charge in [0.25, 0.3) is 5.91 Å². The molecule has 1 saturated carbocycles. The number of imide groups is 1. The number of carbonyl (C=O) groups excluding carboxylic acids is 3. The Morgan fingerprint density at radius 1 is 0.914 bits per heavy atom. The van der Waals surface area contributed by atoms with E-state index < -0.39 is 6.04 Å². The summed E-state index contributed by atoms with van der Waals surface area (Å²) in [5, 5.41) is 6.40. The predicted octanol–water partition coefficient (Wildman–Crippen LogP) is 3.31. The summed E-state index contributed by atoms with van der Waals surface area (Å²) < 4.78 is 0. The monoisotopic (exact) mass is 471 g/mol. The minimum atomic E-state index is -0.557. The zero-order valence-corrected chi connectivity index (χ0v) is 20.1. The van der Waals surface area contributed by atoms with Crippen molar-refractivity contribution in [1.82, 2.24) is 15.5 Å². The van der Waals surface area contributed by atoms with Crippen molar-refractivity contribution in [3.63, 3.8) is 0 Å². The molecule has 2 aliphatic heterocycles. The average Bonchev–Trinajstić information content (AvgIpc) is 3.40. The number of nitrogens with zero attached hydrogens (tertiary/aromatic N) is 1. The topological polar surface area (TPSA) is 78.5 Å². The number of hydrogen-bond donors (Lipinski definition) is 2. The average molecular weight is 472 g/mol. The molecule has 3 atom stereocenters. The van der Waals surface area contributed by atoms with Crippen LogP contribution in [0.3, 0.4) is 0 Å². The van der Waals surface area contributed by atoms with Gasteiger partial charge in [0, 0.05) is 30.6 Å². The molecular weight excluding hydrogens is 438 g/mol. The number of rotatable bonds is 5. The highest BCUT2D eigenvalue weighted by Crippen LogP contribution is 2.33. The summed E-state index contributed by atoms with van der Waals surface area (Å²) in [6.45, 7) is 0.445. The lowest BCUT2D eigenvalue weighted by molar-refractivity contribution is -0.136. The van der Waals surface area contributed by atoms with Crippen LogP contribution in [0.2, 0.25) is 0 Å². The molecule has 2 heterocycles. The molecule has 0 bridgehead atoms. The fourth-order valence-electron chi connectivity index (χ4n) is 6.71. The molecule has 35 heavy (non-hydrogen) atoms. The van der Waals surface area contributed by atoms with E-state index in [0.29, 0.717) is 36.5 Å². The second-order valence-corrected chi connectivity index (χ2v) is 10.8. The van der Waals surface area contributed by atoms with Gasteiger partial charge in [0.05, 0.1) is 0 Å². The maximum absolute atomic E-state index is 13.0. The van der Waals surface area contributed by atoms with Gasteiger partial charge < -0.3 is 10.2 Å². The maximum atomic E-state index is 13.0. The molecule has 4 aliphatic rings. The Morgan fingerprint density at radius 2 is 1.69 bits per heavy atom. The number of amides is 3. The van der Waals surface area contributed by atoms with Crippen molar-refractivity contribution in [1.29, 1.82) is 0 Å². The van der Waals surface area contributed by atoms with Gasteiger partial charge >= 0.3 is 0 Å². The molecule has 6 nitrogen and oxygen atoms in total. The molecule has 3 amide bonds. The second-order valence-electron chi connectivity index (χ2n) is 10.8. The van der Waals surface area contributed by atoms with Gasteiger partial charge in [0.15, 0.2) is 0 Å². The summed E-state index contributed by atoms with van der Waals surface area (Å²) in [6, 6.07) is 15.5. The molecular formula is C29H33N3O3. The summed E-state index contributed by atoms with van der Waals surface area (Å²) in [6.07, 6.45) is 8.96. The maximum Gasteiger partial charge on any atom is 0.255 e. The lowest BCUT2D eigenvalue weighted by Crippen LogP contribution is -2.52. The normalized spacial score (nSPS) is 26.6. The molecule has 2 aliphatic carbocycles. The van der Waals surface area contributed by atoms with Gasteiger partial charge in [-0.25, -0.2) is 0 Å². The molecule has 182 valence electrons. The van der Waals surface area contributed by atoms with Crippen LogP contribution in [0, 0.1) is 5.92 Å². The first-order chi connectivity index (χ1) is 17.0. The van der Waals surface area contributed by atoms with Crippen molar-refractivity contribution >= 4 is 17.7 Å². The van der Waals surface area contributed by atoms with E-state index >= 15 is 0 Å². The second kappa shape index (κ2) is 9.23. The Labute approximate surface area is 206 Å². The first kappa shape index (κ1) is 22.5. The van der Waals surface area contributed by atoms with Gasteiger partial charge in [-0.1, -0.05) is 49.2 Å². The molecule has 6 rings (SSSR count). The molecule has 0 radical (unpaired) electrons. The van der Waals surface area contributed by atoms with E-state index in [9.17, 15) is 14.4 Å². The van der Waals surface area contributed by atoms with Crippen molar-refractivity contribution in [3.05, 3.63) is 70.3 Å². The molecule has 0 spiro atoms. The van der Waals surface area contributed by atoms with E-state index in [4.69, 9.17) is 0 Å². The summed E-state index contributed by atoms with van der Waals surface area (Å²) in [5.41, 5.74) is 5.95. The minimum Gasteiger partial charge on any atom is -0.322 e. The third kappa shape index (κ3) is 4.40. The van der Waals surface area contributed by atoms with Crippen LogP contribution in [0.5, 0.6) is 0 Å². The molecule has 2 N–H and O–H groups in total. The first-order valence-corrected chi connectivity index (χ1v) is 13.1. The number of benzene rings is 2. The van der Waals surface area contributed by atoms with Gasteiger partial charge in [0.2, 0.25) is 11.8 Å². The third-order valence-electron chi connectivity index (χ3n) is 8.50. The van der Waals surface area contributed by atoms with E-state index in [2.05, 4.69) is 47.0 Å². The van der Waals surface area contributed by atoms with Crippen molar-refractivity contribution in [2.45, 2.75) is 82.5 Å². The largest absolute Gasteiger partial charge is 0.322 e. The van der Waals surface area contributed by atoms with Gasteiger partial charge in [-0.15, -0.1) is 0 Å². The van der Waals surface area contributed by atoms with Gasteiger partial charge in [-0.3, -0.25) is 19.7 Å². The summed E-state index contributed by atoms with van der Waals surface area (Å²) in [4.78, 5) is 38.5. The van der Waals surface area contributed by atoms with Gasteiger partial charge in [-0.05, 0) is 72.8 Å². The quantitative estimate of drug-likeness (QED) is 0.656. The van der Waals surface area contributed by atoms with E-state index in [1.54, 1.807) is 4.90 Å². The highest BCUT2D eigenvalue weighted by atomic mass is 16.2. The van der Waals surface area contributed by atoms with Crippen LogP contribution in [-0.4, -0.2) is 40.7 Å². The van der Waals surface area contributed by atoms with Crippen LogP contribution < -0.4 is 10.6 Å². The first-order valence-electron chi connectivity index (χ1n) is 13.1. The highest BCUT2D eigenvalue weighted by Gasteiger charge is 2.39. The standard InChI is InChI=1S/C29H33N3O3/c33-27-12-11-26(28(34)31-27)32-17-22-14-18(9-10-24(22)29(32)35)13-21-7-3-4-8-25(21)30-23-15-19-5-1-2-6-20(19)16-23/h1-2,5-6,9-10,14,21,23,25-26,30H,3-4,7-8,11-13,15-17H2,(H,31,33,34)/t21-,25+,26?/m1/s1.